The minimum Gasteiger partial charge on any atom is -0.456 e. The molecule has 1 aromatic carbocycles. The highest BCUT2D eigenvalue weighted by atomic mass is 16.5. The third-order valence-corrected chi connectivity index (χ3v) is 3.85. The highest BCUT2D eigenvalue weighted by molar-refractivity contribution is 5.98. The summed E-state index contributed by atoms with van der Waals surface area (Å²) in [6, 6.07) is 11.0. The van der Waals surface area contributed by atoms with Crippen LogP contribution in [0.1, 0.15) is 19.8 Å². The lowest BCUT2D eigenvalue weighted by atomic mass is 9.99. The first kappa shape index (κ1) is 14.5. The van der Waals surface area contributed by atoms with E-state index < -0.39 is 5.54 Å². The molecule has 5 heteroatoms. The molecule has 0 unspecified atom stereocenters. The van der Waals surface area contributed by atoms with Gasteiger partial charge in [0.2, 0.25) is 5.91 Å². The first-order valence-electron chi connectivity index (χ1n) is 7.40. The maximum Gasteiger partial charge on any atom is 0.244 e. The fourth-order valence-corrected chi connectivity index (χ4v) is 2.51. The SMILES string of the molecule is C[C@@]1(C(=O)Nc2ccc(Oc3cccnc3)cc2)CCCN1. The molecule has 2 aromatic rings. The number of carbonyl (C=O) groups excluding carboxylic acids is 1. The van der Waals surface area contributed by atoms with Crippen LogP contribution in [0.3, 0.4) is 0 Å². The Labute approximate surface area is 129 Å². The zero-order valence-corrected chi connectivity index (χ0v) is 12.5. The van der Waals surface area contributed by atoms with E-state index in [1.165, 1.54) is 0 Å². The minimum absolute atomic E-state index is 0.00549. The van der Waals surface area contributed by atoms with Crippen LogP contribution in [-0.2, 0) is 4.79 Å². The third kappa shape index (κ3) is 3.26. The Kier molecular flexibility index (Phi) is 4.06. The van der Waals surface area contributed by atoms with Gasteiger partial charge in [-0.05, 0) is 62.7 Å². The van der Waals surface area contributed by atoms with E-state index in [1.54, 1.807) is 12.4 Å². The molecule has 2 heterocycles. The molecule has 1 saturated heterocycles. The smallest absolute Gasteiger partial charge is 0.244 e. The van der Waals surface area contributed by atoms with Gasteiger partial charge in [0.25, 0.3) is 0 Å². The van der Waals surface area contributed by atoms with E-state index in [9.17, 15) is 4.79 Å². The van der Waals surface area contributed by atoms with Crippen molar-refractivity contribution in [2.75, 3.05) is 11.9 Å². The normalized spacial score (nSPS) is 20.6. The lowest BCUT2D eigenvalue weighted by molar-refractivity contribution is -0.121. The van der Waals surface area contributed by atoms with Crippen LogP contribution in [0.5, 0.6) is 11.5 Å². The van der Waals surface area contributed by atoms with Crippen molar-refractivity contribution in [1.82, 2.24) is 10.3 Å². The van der Waals surface area contributed by atoms with Gasteiger partial charge in [0.15, 0.2) is 0 Å². The molecule has 5 nitrogen and oxygen atoms in total. The van der Waals surface area contributed by atoms with Crippen LogP contribution in [0, 0.1) is 0 Å². The molecule has 0 radical (unpaired) electrons. The topological polar surface area (TPSA) is 63.2 Å². The number of hydrogen-bond donors (Lipinski definition) is 2. The largest absolute Gasteiger partial charge is 0.456 e. The van der Waals surface area contributed by atoms with E-state index in [4.69, 9.17) is 4.74 Å². The van der Waals surface area contributed by atoms with Gasteiger partial charge in [-0.3, -0.25) is 9.78 Å². The summed E-state index contributed by atoms with van der Waals surface area (Å²) >= 11 is 0. The number of benzene rings is 1. The quantitative estimate of drug-likeness (QED) is 0.910. The van der Waals surface area contributed by atoms with Gasteiger partial charge < -0.3 is 15.4 Å². The van der Waals surface area contributed by atoms with Gasteiger partial charge in [0.1, 0.15) is 11.5 Å². The van der Waals surface area contributed by atoms with Gasteiger partial charge in [-0.2, -0.15) is 0 Å². The van der Waals surface area contributed by atoms with Gasteiger partial charge in [0, 0.05) is 11.9 Å². The number of carbonyl (C=O) groups is 1. The van der Waals surface area contributed by atoms with Crippen molar-refractivity contribution in [3.8, 4) is 11.5 Å². The molecule has 1 fully saturated rings. The summed E-state index contributed by atoms with van der Waals surface area (Å²) in [5, 5.41) is 6.20. The average Bonchev–Trinajstić information content (AvgIpc) is 2.98. The lowest BCUT2D eigenvalue weighted by Crippen LogP contribution is -2.47. The Hall–Kier alpha value is -2.40. The van der Waals surface area contributed by atoms with Crippen LogP contribution in [-0.4, -0.2) is 23.0 Å². The van der Waals surface area contributed by atoms with E-state index in [2.05, 4.69) is 15.6 Å². The molecular weight excluding hydrogens is 278 g/mol. The Morgan fingerprint density at radius 1 is 1.27 bits per heavy atom. The summed E-state index contributed by atoms with van der Waals surface area (Å²) in [7, 11) is 0. The van der Waals surface area contributed by atoms with Crippen LogP contribution < -0.4 is 15.4 Å². The van der Waals surface area contributed by atoms with Crippen LogP contribution >= 0.6 is 0 Å². The molecule has 0 aliphatic carbocycles. The van der Waals surface area contributed by atoms with Gasteiger partial charge in [-0.15, -0.1) is 0 Å². The molecular formula is C17H19N3O2. The Balaban J connectivity index is 1.63. The summed E-state index contributed by atoms with van der Waals surface area (Å²) in [6.45, 7) is 2.83. The van der Waals surface area contributed by atoms with E-state index in [1.807, 2.05) is 43.3 Å². The molecule has 2 N–H and O–H groups in total. The van der Waals surface area contributed by atoms with Gasteiger partial charge in [-0.25, -0.2) is 0 Å². The number of ether oxygens (including phenoxy) is 1. The second-order valence-electron chi connectivity index (χ2n) is 5.63. The molecule has 1 amide bonds. The minimum atomic E-state index is -0.467. The molecule has 22 heavy (non-hydrogen) atoms. The van der Waals surface area contributed by atoms with Crippen molar-refractivity contribution in [2.24, 2.45) is 0 Å². The van der Waals surface area contributed by atoms with E-state index >= 15 is 0 Å². The molecule has 114 valence electrons. The van der Waals surface area contributed by atoms with Crippen molar-refractivity contribution in [3.63, 3.8) is 0 Å². The predicted octanol–water partition coefficient (Wildman–Crippen LogP) is 2.95. The Morgan fingerprint density at radius 3 is 2.73 bits per heavy atom. The fraction of sp³-hybridized carbons (Fsp3) is 0.294. The standard InChI is InChI=1S/C17H19N3O2/c1-17(9-3-11-19-17)16(21)20-13-5-7-14(8-6-13)22-15-4-2-10-18-12-15/h2,4-8,10,12,19H,3,9,11H2,1H3,(H,20,21)/t17-/m0/s1. The zero-order chi connectivity index (χ0) is 15.4. The highest BCUT2D eigenvalue weighted by Crippen LogP contribution is 2.24. The van der Waals surface area contributed by atoms with E-state index in [0.29, 0.717) is 11.5 Å². The van der Waals surface area contributed by atoms with E-state index in [0.717, 1.165) is 25.1 Å². The number of hydrogen-bond acceptors (Lipinski definition) is 4. The summed E-state index contributed by atoms with van der Waals surface area (Å²) in [5.74, 6) is 1.39. The molecule has 0 saturated carbocycles. The monoisotopic (exact) mass is 297 g/mol. The summed E-state index contributed by atoms with van der Waals surface area (Å²) < 4.78 is 5.67. The Bertz CT molecular complexity index is 635. The highest BCUT2D eigenvalue weighted by Gasteiger charge is 2.35. The summed E-state index contributed by atoms with van der Waals surface area (Å²) in [6.07, 6.45) is 5.24. The second kappa shape index (κ2) is 6.15. The number of nitrogens with zero attached hydrogens (tertiary/aromatic N) is 1. The summed E-state index contributed by atoms with van der Waals surface area (Å²) in [4.78, 5) is 16.3. The summed E-state index contributed by atoms with van der Waals surface area (Å²) in [5.41, 5.74) is 0.295. The van der Waals surface area contributed by atoms with Crippen molar-refractivity contribution in [3.05, 3.63) is 48.8 Å². The number of aromatic nitrogens is 1. The maximum atomic E-state index is 12.3. The van der Waals surface area contributed by atoms with Gasteiger partial charge in [0.05, 0.1) is 11.7 Å². The van der Waals surface area contributed by atoms with E-state index in [-0.39, 0.29) is 5.91 Å². The van der Waals surface area contributed by atoms with Crippen LogP contribution in [0.25, 0.3) is 0 Å². The third-order valence-electron chi connectivity index (χ3n) is 3.85. The van der Waals surface area contributed by atoms with Crippen molar-refractivity contribution < 1.29 is 9.53 Å². The lowest BCUT2D eigenvalue weighted by Gasteiger charge is -2.23. The van der Waals surface area contributed by atoms with Gasteiger partial charge in [-0.1, -0.05) is 0 Å². The second-order valence-corrected chi connectivity index (χ2v) is 5.63. The number of pyridine rings is 1. The van der Waals surface area contributed by atoms with Crippen molar-refractivity contribution in [1.29, 1.82) is 0 Å². The van der Waals surface area contributed by atoms with Gasteiger partial charge >= 0.3 is 0 Å². The molecule has 1 aliphatic heterocycles. The molecule has 1 aliphatic rings. The Morgan fingerprint density at radius 2 is 2.09 bits per heavy atom. The maximum absolute atomic E-state index is 12.3. The first-order valence-corrected chi connectivity index (χ1v) is 7.40. The zero-order valence-electron chi connectivity index (χ0n) is 12.5. The number of nitrogens with one attached hydrogen (secondary N) is 2. The predicted molar refractivity (Wildman–Crippen MR) is 85.0 cm³/mol. The van der Waals surface area contributed by atoms with Crippen LogP contribution in [0.2, 0.25) is 0 Å². The van der Waals surface area contributed by atoms with Crippen LogP contribution in [0.4, 0.5) is 5.69 Å². The molecule has 3 rings (SSSR count). The fourth-order valence-electron chi connectivity index (χ4n) is 2.51. The van der Waals surface area contributed by atoms with Crippen molar-refractivity contribution in [2.45, 2.75) is 25.3 Å². The van der Waals surface area contributed by atoms with Crippen molar-refractivity contribution >= 4 is 11.6 Å². The first-order chi connectivity index (χ1) is 10.7. The molecule has 1 atom stereocenters. The molecule has 0 spiro atoms. The number of amides is 1. The molecule has 0 bridgehead atoms. The average molecular weight is 297 g/mol. The van der Waals surface area contributed by atoms with Crippen LogP contribution in [0.15, 0.2) is 48.8 Å². The molecule has 1 aromatic heterocycles. The number of anilines is 1. The number of rotatable bonds is 4.